The molecule has 96 valence electrons. The highest BCUT2D eigenvalue weighted by Crippen LogP contribution is 2.22. The van der Waals surface area contributed by atoms with Crippen LogP contribution in [0.15, 0.2) is 24.3 Å². The molecule has 0 unspecified atom stereocenters. The van der Waals surface area contributed by atoms with Gasteiger partial charge < -0.3 is 5.11 Å². The van der Waals surface area contributed by atoms with E-state index >= 15 is 0 Å². The summed E-state index contributed by atoms with van der Waals surface area (Å²) in [4.78, 5) is 0. The van der Waals surface area contributed by atoms with Crippen LogP contribution in [-0.2, 0) is 21.7 Å². The van der Waals surface area contributed by atoms with Crippen molar-refractivity contribution in [1.29, 1.82) is 0 Å². The molecule has 1 N–H and O–H groups in total. The van der Waals surface area contributed by atoms with E-state index in [4.69, 9.17) is 0 Å². The number of hydrogen-bond donors (Lipinski definition) is 1. The van der Waals surface area contributed by atoms with Crippen LogP contribution in [0.3, 0.4) is 0 Å². The number of rotatable bonds is 5. The van der Waals surface area contributed by atoms with E-state index in [9.17, 15) is 13.5 Å². The summed E-state index contributed by atoms with van der Waals surface area (Å²) < 4.78 is 22.1. The van der Waals surface area contributed by atoms with Gasteiger partial charge in [-0.1, -0.05) is 38.1 Å². The molecular formula is C13H20O3S. The zero-order valence-corrected chi connectivity index (χ0v) is 11.4. The second kappa shape index (κ2) is 5.19. The maximum atomic E-state index is 11.0. The fraction of sp³-hybridized carbons (Fsp3) is 0.538. The molecule has 0 radical (unpaired) electrons. The van der Waals surface area contributed by atoms with E-state index in [2.05, 4.69) is 0 Å². The third-order valence-electron chi connectivity index (χ3n) is 2.89. The average Bonchev–Trinajstić information content (AvgIpc) is 2.26. The van der Waals surface area contributed by atoms with Gasteiger partial charge >= 0.3 is 0 Å². The van der Waals surface area contributed by atoms with Gasteiger partial charge in [0.15, 0.2) is 0 Å². The lowest BCUT2D eigenvalue weighted by Crippen LogP contribution is -2.21. The van der Waals surface area contributed by atoms with Crippen LogP contribution in [-0.4, -0.2) is 32.1 Å². The molecule has 17 heavy (non-hydrogen) atoms. The van der Waals surface area contributed by atoms with Gasteiger partial charge in [-0.3, -0.25) is 0 Å². The Morgan fingerprint density at radius 3 is 2.12 bits per heavy atom. The Hall–Kier alpha value is -0.870. The summed E-state index contributed by atoms with van der Waals surface area (Å²) in [5.74, 6) is 0.176. The monoisotopic (exact) mass is 256 g/mol. The highest BCUT2D eigenvalue weighted by Gasteiger charge is 2.18. The maximum absolute atomic E-state index is 11.0. The van der Waals surface area contributed by atoms with Crippen molar-refractivity contribution >= 4 is 9.84 Å². The third kappa shape index (κ3) is 4.48. The van der Waals surface area contributed by atoms with Crippen LogP contribution >= 0.6 is 0 Å². The van der Waals surface area contributed by atoms with Crippen LogP contribution < -0.4 is 0 Å². The molecule has 0 amide bonds. The molecule has 0 saturated carbocycles. The van der Waals surface area contributed by atoms with Crippen LogP contribution in [0.5, 0.6) is 0 Å². The van der Waals surface area contributed by atoms with Gasteiger partial charge in [-0.25, -0.2) is 8.42 Å². The van der Waals surface area contributed by atoms with Crippen molar-refractivity contribution in [1.82, 2.24) is 0 Å². The molecule has 0 aliphatic carbocycles. The SMILES string of the molecule is CC(C)(CO)c1ccc(CCS(C)(=O)=O)cc1. The number of aliphatic hydroxyl groups excluding tert-OH is 1. The molecule has 4 heteroatoms. The first-order valence-corrected chi connectivity index (χ1v) is 7.69. The summed E-state index contributed by atoms with van der Waals surface area (Å²) in [5.41, 5.74) is 1.81. The van der Waals surface area contributed by atoms with E-state index in [0.29, 0.717) is 6.42 Å². The van der Waals surface area contributed by atoms with E-state index in [0.717, 1.165) is 11.1 Å². The summed E-state index contributed by atoms with van der Waals surface area (Å²) in [7, 11) is -2.91. The van der Waals surface area contributed by atoms with Gasteiger partial charge in [0.25, 0.3) is 0 Å². The van der Waals surface area contributed by atoms with Crippen molar-refractivity contribution in [3.8, 4) is 0 Å². The molecule has 0 aliphatic rings. The van der Waals surface area contributed by atoms with Gasteiger partial charge in [-0.05, 0) is 17.5 Å². The van der Waals surface area contributed by atoms with Crippen molar-refractivity contribution < 1.29 is 13.5 Å². The lowest BCUT2D eigenvalue weighted by atomic mass is 9.85. The molecule has 0 fully saturated rings. The minimum Gasteiger partial charge on any atom is -0.395 e. The summed E-state index contributed by atoms with van der Waals surface area (Å²) >= 11 is 0. The number of benzene rings is 1. The standard InChI is InChI=1S/C13H20O3S/c1-13(2,10-14)12-6-4-11(5-7-12)8-9-17(3,15)16/h4-7,14H,8-10H2,1-3H3. The van der Waals surface area contributed by atoms with Crippen molar-refractivity contribution in [2.45, 2.75) is 25.7 Å². The smallest absolute Gasteiger partial charge is 0.147 e. The number of hydrogen-bond acceptors (Lipinski definition) is 3. The van der Waals surface area contributed by atoms with Crippen LogP contribution in [0.25, 0.3) is 0 Å². The molecule has 0 atom stereocenters. The van der Waals surface area contributed by atoms with Crippen molar-refractivity contribution in [2.75, 3.05) is 18.6 Å². The Labute approximate surface area is 103 Å². The lowest BCUT2D eigenvalue weighted by Gasteiger charge is -2.22. The minimum absolute atomic E-state index is 0.0929. The third-order valence-corrected chi connectivity index (χ3v) is 3.84. The van der Waals surface area contributed by atoms with Gasteiger partial charge in [-0.2, -0.15) is 0 Å². The average molecular weight is 256 g/mol. The van der Waals surface area contributed by atoms with Crippen LogP contribution in [0, 0.1) is 0 Å². The maximum Gasteiger partial charge on any atom is 0.147 e. The Kier molecular flexibility index (Phi) is 4.33. The molecule has 0 aromatic heterocycles. The Morgan fingerprint density at radius 1 is 1.18 bits per heavy atom. The number of aryl methyl sites for hydroxylation is 1. The van der Waals surface area contributed by atoms with E-state index in [-0.39, 0.29) is 17.8 Å². The number of sulfone groups is 1. The molecule has 1 aromatic rings. The fourth-order valence-electron chi connectivity index (χ4n) is 1.52. The van der Waals surface area contributed by atoms with Crippen molar-refractivity contribution in [2.24, 2.45) is 0 Å². The van der Waals surface area contributed by atoms with Gasteiger partial charge in [0.1, 0.15) is 9.84 Å². The molecule has 0 bridgehead atoms. The van der Waals surface area contributed by atoms with E-state index in [1.165, 1.54) is 6.26 Å². The molecule has 1 rings (SSSR count). The summed E-state index contributed by atoms with van der Waals surface area (Å²) in [5, 5.41) is 9.25. The van der Waals surface area contributed by atoms with E-state index in [1.807, 2.05) is 38.1 Å². The van der Waals surface area contributed by atoms with Gasteiger partial charge in [0.05, 0.1) is 12.4 Å². The molecule has 0 aliphatic heterocycles. The predicted molar refractivity (Wildman–Crippen MR) is 70.0 cm³/mol. The Bertz CT molecular complexity index is 458. The summed E-state index contributed by atoms with van der Waals surface area (Å²) in [6.45, 7) is 4.03. The fourth-order valence-corrected chi connectivity index (χ4v) is 2.12. The normalized spacial score (nSPS) is 12.7. The zero-order valence-electron chi connectivity index (χ0n) is 10.6. The lowest BCUT2D eigenvalue weighted by molar-refractivity contribution is 0.218. The Balaban J connectivity index is 2.75. The van der Waals surface area contributed by atoms with Crippen LogP contribution in [0.2, 0.25) is 0 Å². The first kappa shape index (κ1) is 14.2. The summed E-state index contributed by atoms with van der Waals surface area (Å²) in [6, 6.07) is 7.76. The van der Waals surface area contributed by atoms with Crippen molar-refractivity contribution in [3.05, 3.63) is 35.4 Å². The number of aliphatic hydroxyl groups is 1. The van der Waals surface area contributed by atoms with Gasteiger partial charge in [-0.15, -0.1) is 0 Å². The molecule has 1 aromatic carbocycles. The minimum atomic E-state index is -2.91. The molecule has 0 spiro atoms. The summed E-state index contributed by atoms with van der Waals surface area (Å²) in [6.07, 6.45) is 1.79. The Morgan fingerprint density at radius 2 is 1.71 bits per heavy atom. The first-order valence-electron chi connectivity index (χ1n) is 5.62. The zero-order chi connectivity index (χ0) is 13.1. The highest BCUT2D eigenvalue weighted by atomic mass is 32.2. The molecule has 0 heterocycles. The quantitative estimate of drug-likeness (QED) is 0.869. The van der Waals surface area contributed by atoms with E-state index < -0.39 is 9.84 Å². The molecule has 3 nitrogen and oxygen atoms in total. The largest absolute Gasteiger partial charge is 0.395 e. The molecular weight excluding hydrogens is 236 g/mol. The highest BCUT2D eigenvalue weighted by molar-refractivity contribution is 7.90. The predicted octanol–water partition coefficient (Wildman–Crippen LogP) is 1.54. The first-order chi connectivity index (χ1) is 7.74. The second-order valence-corrected chi connectivity index (χ2v) is 7.38. The van der Waals surface area contributed by atoms with Gasteiger partial charge in [0.2, 0.25) is 0 Å². The van der Waals surface area contributed by atoms with Crippen molar-refractivity contribution in [3.63, 3.8) is 0 Å². The van der Waals surface area contributed by atoms with Crippen LogP contribution in [0.1, 0.15) is 25.0 Å². The van der Waals surface area contributed by atoms with Crippen LogP contribution in [0.4, 0.5) is 0 Å². The second-order valence-electron chi connectivity index (χ2n) is 5.12. The van der Waals surface area contributed by atoms with Gasteiger partial charge in [0, 0.05) is 11.7 Å². The topological polar surface area (TPSA) is 54.4 Å². The van der Waals surface area contributed by atoms with E-state index in [1.54, 1.807) is 0 Å². The molecule has 0 saturated heterocycles.